The number of thioether (sulfide) groups is 1. The number of rotatable bonds is 10. The molecule has 1 aliphatic heterocycles. The number of hydrogen-bond donors (Lipinski definition) is 1. The molecule has 1 saturated heterocycles. The molecular formula is C19H28N2O6S. The highest BCUT2D eigenvalue weighted by Crippen LogP contribution is 2.43. The molecule has 0 unspecified atom stereocenters. The highest BCUT2D eigenvalue weighted by atomic mass is 32.2. The Labute approximate surface area is 169 Å². The van der Waals surface area contributed by atoms with Crippen molar-refractivity contribution in [3.63, 3.8) is 0 Å². The molecule has 2 atom stereocenters. The van der Waals surface area contributed by atoms with Gasteiger partial charge in [0.2, 0.25) is 11.8 Å². The number of ether oxygens (including phenoxy) is 4. The van der Waals surface area contributed by atoms with E-state index in [-0.39, 0.29) is 23.8 Å². The number of hydrogen-bond acceptors (Lipinski definition) is 7. The molecule has 9 heteroatoms. The van der Waals surface area contributed by atoms with Crippen LogP contribution < -0.4 is 14.8 Å². The Morgan fingerprint density at radius 3 is 2.54 bits per heavy atom. The Hall–Kier alpha value is -1.97. The third-order valence-corrected chi connectivity index (χ3v) is 5.70. The van der Waals surface area contributed by atoms with Crippen LogP contribution in [0.25, 0.3) is 0 Å². The maximum absolute atomic E-state index is 12.7. The number of benzene rings is 1. The van der Waals surface area contributed by atoms with Gasteiger partial charge in [-0.1, -0.05) is 6.07 Å². The highest BCUT2D eigenvalue weighted by molar-refractivity contribution is 7.99. The maximum Gasteiger partial charge on any atom is 0.250 e. The molecule has 156 valence electrons. The van der Waals surface area contributed by atoms with Crippen molar-refractivity contribution in [3.8, 4) is 11.5 Å². The van der Waals surface area contributed by atoms with Crippen molar-refractivity contribution in [2.45, 2.75) is 17.8 Å². The van der Waals surface area contributed by atoms with Crippen molar-refractivity contribution >= 4 is 23.6 Å². The van der Waals surface area contributed by atoms with Crippen molar-refractivity contribution in [3.05, 3.63) is 23.8 Å². The lowest BCUT2D eigenvalue weighted by Gasteiger charge is -2.29. The maximum atomic E-state index is 12.7. The second-order valence-corrected chi connectivity index (χ2v) is 7.30. The van der Waals surface area contributed by atoms with Crippen molar-refractivity contribution in [1.82, 2.24) is 10.2 Å². The Kier molecular flexibility index (Phi) is 8.88. The minimum absolute atomic E-state index is 0.0855. The van der Waals surface area contributed by atoms with Gasteiger partial charge in [-0.2, -0.15) is 0 Å². The number of carbonyl (C=O) groups excluding carboxylic acids is 2. The van der Waals surface area contributed by atoms with Crippen LogP contribution in [-0.4, -0.2) is 76.7 Å². The molecule has 1 N–H and O–H groups in total. The molecule has 1 aromatic carbocycles. The predicted octanol–water partition coefficient (Wildman–Crippen LogP) is 1.45. The first kappa shape index (κ1) is 22.3. The van der Waals surface area contributed by atoms with Gasteiger partial charge in [0.25, 0.3) is 0 Å². The minimum atomic E-state index is -0.562. The van der Waals surface area contributed by atoms with E-state index >= 15 is 0 Å². The van der Waals surface area contributed by atoms with Gasteiger partial charge in [0.15, 0.2) is 11.5 Å². The van der Waals surface area contributed by atoms with Crippen LogP contribution in [0.5, 0.6) is 11.5 Å². The molecule has 8 nitrogen and oxygen atoms in total. The monoisotopic (exact) mass is 412 g/mol. The van der Waals surface area contributed by atoms with Crippen molar-refractivity contribution < 1.29 is 28.5 Å². The van der Waals surface area contributed by atoms with Crippen molar-refractivity contribution in [2.75, 3.05) is 54.0 Å². The van der Waals surface area contributed by atoms with Gasteiger partial charge in [0.1, 0.15) is 18.0 Å². The lowest BCUT2D eigenvalue weighted by atomic mass is 10.1. The first-order valence-electron chi connectivity index (χ1n) is 8.97. The van der Waals surface area contributed by atoms with Gasteiger partial charge in [-0.15, -0.1) is 11.8 Å². The molecule has 1 heterocycles. The molecule has 0 radical (unpaired) electrons. The molecule has 28 heavy (non-hydrogen) atoms. The number of methoxy groups -OCH3 is 4. The second-order valence-electron chi connectivity index (χ2n) is 6.19. The molecule has 0 aromatic heterocycles. The SMILES string of the molecule is COCCCNC(=O)[C@H]1CS[C@@H](c2ccc(OC)c(OC)c2)N1C(=O)COC. The Morgan fingerprint density at radius 1 is 1.14 bits per heavy atom. The molecule has 2 rings (SSSR count). The van der Waals surface area contributed by atoms with Gasteiger partial charge in [0, 0.05) is 33.1 Å². The van der Waals surface area contributed by atoms with E-state index in [4.69, 9.17) is 18.9 Å². The Morgan fingerprint density at radius 2 is 1.89 bits per heavy atom. The molecule has 2 amide bonds. The van der Waals surface area contributed by atoms with E-state index in [1.807, 2.05) is 12.1 Å². The summed E-state index contributed by atoms with van der Waals surface area (Å²) in [5.41, 5.74) is 0.863. The van der Waals surface area contributed by atoms with E-state index in [0.29, 0.717) is 36.8 Å². The first-order valence-corrected chi connectivity index (χ1v) is 10.0. The summed E-state index contributed by atoms with van der Waals surface area (Å²) in [5, 5.41) is 2.58. The van der Waals surface area contributed by atoms with Crippen molar-refractivity contribution in [1.29, 1.82) is 0 Å². The standard InChI is InChI=1S/C19H28N2O6S/c1-24-9-5-8-20-18(23)14-12-28-19(21(14)17(22)11-25-2)13-6-7-15(26-3)16(10-13)27-4/h6-7,10,14,19H,5,8-9,11-12H2,1-4H3,(H,20,23)/t14-,19+/m1/s1. The van der Waals surface area contributed by atoms with E-state index in [2.05, 4.69) is 5.32 Å². The third-order valence-electron chi connectivity index (χ3n) is 4.38. The zero-order valence-electron chi connectivity index (χ0n) is 16.7. The van der Waals surface area contributed by atoms with Gasteiger partial charge in [-0.05, 0) is 24.1 Å². The zero-order valence-corrected chi connectivity index (χ0v) is 17.5. The average Bonchev–Trinajstić information content (AvgIpc) is 3.16. The van der Waals surface area contributed by atoms with Crippen LogP contribution in [0.4, 0.5) is 0 Å². The lowest BCUT2D eigenvalue weighted by Crippen LogP contribution is -2.49. The van der Waals surface area contributed by atoms with E-state index in [1.54, 1.807) is 32.3 Å². The van der Waals surface area contributed by atoms with Crippen LogP contribution in [0.3, 0.4) is 0 Å². The van der Waals surface area contributed by atoms with Crippen LogP contribution in [0.15, 0.2) is 18.2 Å². The highest BCUT2D eigenvalue weighted by Gasteiger charge is 2.42. The second kappa shape index (κ2) is 11.1. The van der Waals surface area contributed by atoms with Crippen LogP contribution in [0, 0.1) is 0 Å². The van der Waals surface area contributed by atoms with E-state index in [9.17, 15) is 9.59 Å². The summed E-state index contributed by atoms with van der Waals surface area (Å²) in [7, 11) is 6.22. The summed E-state index contributed by atoms with van der Waals surface area (Å²) in [6, 6.07) is 4.95. The third kappa shape index (κ3) is 5.30. The van der Waals surface area contributed by atoms with E-state index in [1.165, 1.54) is 18.9 Å². The van der Waals surface area contributed by atoms with E-state index < -0.39 is 6.04 Å². The summed E-state index contributed by atoms with van der Waals surface area (Å²) >= 11 is 1.54. The van der Waals surface area contributed by atoms with Gasteiger partial charge in [-0.3, -0.25) is 9.59 Å². The van der Waals surface area contributed by atoms with Gasteiger partial charge in [0.05, 0.1) is 14.2 Å². The molecule has 0 aliphatic carbocycles. The lowest BCUT2D eigenvalue weighted by molar-refractivity contribution is -0.142. The molecule has 0 saturated carbocycles. The summed E-state index contributed by atoms with van der Waals surface area (Å²) < 4.78 is 20.7. The Balaban J connectivity index is 2.22. The number of amides is 2. The number of nitrogens with one attached hydrogen (secondary N) is 1. The molecule has 0 bridgehead atoms. The molecule has 0 spiro atoms. The zero-order chi connectivity index (χ0) is 20.5. The van der Waals surface area contributed by atoms with Crippen molar-refractivity contribution in [2.24, 2.45) is 0 Å². The summed E-state index contributed by atoms with van der Waals surface area (Å²) in [6.07, 6.45) is 0.716. The molecular weight excluding hydrogens is 384 g/mol. The quantitative estimate of drug-likeness (QED) is 0.582. The smallest absolute Gasteiger partial charge is 0.250 e. The van der Waals surface area contributed by atoms with Crippen LogP contribution in [0.1, 0.15) is 17.4 Å². The topological polar surface area (TPSA) is 86.3 Å². The van der Waals surface area contributed by atoms with Gasteiger partial charge in [-0.25, -0.2) is 0 Å². The molecule has 1 aliphatic rings. The van der Waals surface area contributed by atoms with Crippen LogP contribution >= 0.6 is 11.8 Å². The fourth-order valence-corrected chi connectivity index (χ4v) is 4.46. The average molecular weight is 413 g/mol. The number of nitrogens with zero attached hydrogens (tertiary/aromatic N) is 1. The van der Waals surface area contributed by atoms with Crippen LogP contribution in [-0.2, 0) is 19.1 Å². The largest absolute Gasteiger partial charge is 0.493 e. The molecule has 1 fully saturated rings. The summed E-state index contributed by atoms with van der Waals surface area (Å²) in [5.74, 6) is 1.29. The first-order chi connectivity index (χ1) is 13.6. The van der Waals surface area contributed by atoms with Gasteiger partial charge < -0.3 is 29.2 Å². The summed E-state index contributed by atoms with van der Waals surface area (Å²) in [6.45, 7) is 0.985. The fourth-order valence-electron chi connectivity index (χ4n) is 3.02. The van der Waals surface area contributed by atoms with Gasteiger partial charge >= 0.3 is 0 Å². The van der Waals surface area contributed by atoms with E-state index in [0.717, 1.165) is 5.56 Å². The minimum Gasteiger partial charge on any atom is -0.493 e. The fraction of sp³-hybridized carbons (Fsp3) is 0.579. The predicted molar refractivity (Wildman–Crippen MR) is 107 cm³/mol. The van der Waals surface area contributed by atoms with Crippen LogP contribution in [0.2, 0.25) is 0 Å². The normalized spacial score (nSPS) is 18.8. The Bertz CT molecular complexity index is 672. The summed E-state index contributed by atoms with van der Waals surface area (Å²) in [4.78, 5) is 27.0. The molecule has 1 aromatic rings. The number of carbonyl (C=O) groups is 2.